The highest BCUT2D eigenvalue weighted by atomic mass is 16.3. The van der Waals surface area contributed by atoms with Crippen LogP contribution >= 0.6 is 0 Å². The first-order valence-corrected chi connectivity index (χ1v) is 9.78. The third kappa shape index (κ3) is 3.08. The van der Waals surface area contributed by atoms with Gasteiger partial charge in [-0.05, 0) is 42.4 Å². The quantitative estimate of drug-likeness (QED) is 0.605. The minimum absolute atomic E-state index is 0.0521. The van der Waals surface area contributed by atoms with Crippen molar-refractivity contribution in [3.05, 3.63) is 65.3 Å². The molecule has 1 aliphatic carbocycles. The first-order chi connectivity index (χ1) is 13.1. The molecule has 1 unspecified atom stereocenters. The Kier molecular flexibility index (Phi) is 4.61. The molecular weight excluding hydrogens is 334 g/mol. The highest BCUT2D eigenvalue weighted by Gasteiger charge is 2.20. The second kappa shape index (κ2) is 7.07. The van der Waals surface area contributed by atoms with Gasteiger partial charge in [0.25, 0.3) is 5.91 Å². The number of aryl methyl sites for hydroxylation is 2. The molecule has 3 nitrogen and oxygen atoms in total. The van der Waals surface area contributed by atoms with Gasteiger partial charge in [-0.25, -0.2) is 0 Å². The lowest BCUT2D eigenvalue weighted by Gasteiger charge is -2.16. The van der Waals surface area contributed by atoms with Gasteiger partial charge in [-0.15, -0.1) is 0 Å². The molecule has 0 radical (unpaired) electrons. The van der Waals surface area contributed by atoms with E-state index in [-0.39, 0.29) is 5.91 Å². The van der Waals surface area contributed by atoms with Crippen LogP contribution in [0.3, 0.4) is 0 Å². The Morgan fingerprint density at radius 1 is 1.19 bits per heavy atom. The van der Waals surface area contributed by atoms with Crippen molar-refractivity contribution in [2.45, 2.75) is 40.0 Å². The Morgan fingerprint density at radius 3 is 2.67 bits per heavy atom. The maximum Gasteiger partial charge on any atom is 0.255 e. The highest BCUT2D eigenvalue weighted by Crippen LogP contribution is 2.39. The molecule has 0 fully saturated rings. The molecule has 1 heterocycles. The van der Waals surface area contributed by atoms with Crippen molar-refractivity contribution >= 4 is 33.5 Å². The first kappa shape index (κ1) is 17.6. The zero-order valence-corrected chi connectivity index (χ0v) is 16.1. The molecule has 4 rings (SSSR count). The average molecular weight is 359 g/mol. The molecule has 0 saturated heterocycles. The molecule has 3 aromatic rings. The summed E-state index contributed by atoms with van der Waals surface area (Å²) in [5.41, 5.74) is 5.68. The normalized spacial score (nSPS) is 16.7. The van der Waals surface area contributed by atoms with Gasteiger partial charge in [0.15, 0.2) is 0 Å². The number of hydrogen-bond acceptors (Lipinski definition) is 2. The molecule has 138 valence electrons. The van der Waals surface area contributed by atoms with E-state index in [4.69, 9.17) is 4.42 Å². The third-order valence-electron chi connectivity index (χ3n) is 5.38. The number of anilines is 1. The molecule has 2 aromatic carbocycles. The fourth-order valence-corrected chi connectivity index (χ4v) is 3.79. The van der Waals surface area contributed by atoms with Gasteiger partial charge >= 0.3 is 0 Å². The van der Waals surface area contributed by atoms with Crippen LogP contribution in [0.25, 0.3) is 21.9 Å². The number of amides is 1. The van der Waals surface area contributed by atoms with Crippen molar-refractivity contribution in [2.24, 2.45) is 5.92 Å². The van der Waals surface area contributed by atoms with Crippen LogP contribution in [0.1, 0.15) is 38.3 Å². The predicted octanol–water partition coefficient (Wildman–Crippen LogP) is 6.17. The standard InChI is InChI=1S/C24H25NO2/c1-4-16-14-17(5-2)23-21(19-8-6-7-9-20(19)27-23)22(16)25-24(26)18-12-10-15(3)11-13-18/h6-10,12-15H,4-5,11H2,1-3H3,(H,25,26). The van der Waals surface area contributed by atoms with E-state index in [0.717, 1.165) is 58.0 Å². The van der Waals surface area contributed by atoms with Crippen molar-refractivity contribution in [1.29, 1.82) is 0 Å². The van der Waals surface area contributed by atoms with Gasteiger partial charge in [-0.2, -0.15) is 0 Å². The van der Waals surface area contributed by atoms with E-state index in [9.17, 15) is 4.79 Å². The fraction of sp³-hybridized carbons (Fsp3) is 0.292. The summed E-state index contributed by atoms with van der Waals surface area (Å²) in [6.45, 7) is 6.42. The number of carbonyl (C=O) groups is 1. The lowest BCUT2D eigenvalue weighted by molar-refractivity contribution is -0.112. The van der Waals surface area contributed by atoms with Crippen LogP contribution in [0.4, 0.5) is 5.69 Å². The number of fused-ring (bicyclic) bond motifs is 3. The number of para-hydroxylation sites is 1. The third-order valence-corrected chi connectivity index (χ3v) is 5.38. The molecule has 0 bridgehead atoms. The maximum atomic E-state index is 12.9. The summed E-state index contributed by atoms with van der Waals surface area (Å²) in [7, 11) is 0. The zero-order valence-electron chi connectivity index (χ0n) is 16.1. The Labute approximate surface area is 159 Å². The smallest absolute Gasteiger partial charge is 0.255 e. The number of furan rings is 1. The minimum Gasteiger partial charge on any atom is -0.456 e. The second-order valence-corrected chi connectivity index (χ2v) is 7.26. The van der Waals surface area contributed by atoms with Crippen molar-refractivity contribution in [3.8, 4) is 0 Å². The molecule has 3 heteroatoms. The summed E-state index contributed by atoms with van der Waals surface area (Å²) in [6.07, 6.45) is 8.70. The number of hydrogen-bond donors (Lipinski definition) is 1. The van der Waals surface area contributed by atoms with E-state index in [2.05, 4.69) is 44.3 Å². The van der Waals surface area contributed by atoms with Crippen LogP contribution in [0.2, 0.25) is 0 Å². The summed E-state index contributed by atoms with van der Waals surface area (Å²) in [6, 6.07) is 10.2. The van der Waals surface area contributed by atoms with E-state index >= 15 is 0 Å². The SMILES string of the molecule is CCc1cc(CC)c2oc3ccccc3c2c1NC(=O)C1=CCC(C)C=C1. The fourth-order valence-electron chi connectivity index (χ4n) is 3.79. The minimum atomic E-state index is -0.0521. The summed E-state index contributed by atoms with van der Waals surface area (Å²) in [4.78, 5) is 12.9. The average Bonchev–Trinajstić information content (AvgIpc) is 3.08. The monoisotopic (exact) mass is 359 g/mol. The van der Waals surface area contributed by atoms with Gasteiger partial charge in [0.05, 0.1) is 11.1 Å². The lowest BCUT2D eigenvalue weighted by atomic mass is 9.96. The summed E-state index contributed by atoms with van der Waals surface area (Å²) >= 11 is 0. The number of rotatable bonds is 4. The van der Waals surface area contributed by atoms with Crippen molar-refractivity contribution in [3.63, 3.8) is 0 Å². The van der Waals surface area contributed by atoms with Gasteiger partial charge in [-0.1, -0.05) is 63.3 Å². The van der Waals surface area contributed by atoms with E-state index in [1.54, 1.807) is 0 Å². The first-order valence-electron chi connectivity index (χ1n) is 9.78. The Hall–Kier alpha value is -2.81. The van der Waals surface area contributed by atoms with Crippen LogP contribution in [-0.4, -0.2) is 5.91 Å². The van der Waals surface area contributed by atoms with E-state index in [1.807, 2.05) is 30.4 Å². The Morgan fingerprint density at radius 2 is 1.96 bits per heavy atom. The molecular formula is C24H25NO2. The molecule has 0 saturated carbocycles. The van der Waals surface area contributed by atoms with Gasteiger partial charge in [0.1, 0.15) is 11.2 Å². The van der Waals surface area contributed by atoms with Crippen molar-refractivity contribution in [2.75, 3.05) is 5.32 Å². The largest absolute Gasteiger partial charge is 0.456 e. The van der Waals surface area contributed by atoms with Crippen LogP contribution in [0.15, 0.2) is 58.6 Å². The predicted molar refractivity (Wildman–Crippen MR) is 112 cm³/mol. The van der Waals surface area contributed by atoms with E-state index < -0.39 is 0 Å². The van der Waals surface area contributed by atoms with Gasteiger partial charge in [0.2, 0.25) is 0 Å². The molecule has 0 aliphatic heterocycles. The number of carbonyl (C=O) groups excluding carboxylic acids is 1. The van der Waals surface area contributed by atoms with E-state index in [0.29, 0.717) is 5.92 Å². The van der Waals surface area contributed by atoms with Crippen LogP contribution in [-0.2, 0) is 17.6 Å². The molecule has 1 N–H and O–H groups in total. The topological polar surface area (TPSA) is 42.2 Å². The highest BCUT2D eigenvalue weighted by molar-refractivity contribution is 6.18. The van der Waals surface area contributed by atoms with Gasteiger partial charge in [-0.3, -0.25) is 4.79 Å². The van der Waals surface area contributed by atoms with Crippen LogP contribution < -0.4 is 5.32 Å². The van der Waals surface area contributed by atoms with Gasteiger partial charge in [0, 0.05) is 11.0 Å². The Balaban J connectivity index is 1.88. The summed E-state index contributed by atoms with van der Waals surface area (Å²) in [5, 5.41) is 5.27. The number of nitrogens with one attached hydrogen (secondary N) is 1. The molecule has 1 aliphatic rings. The molecule has 27 heavy (non-hydrogen) atoms. The van der Waals surface area contributed by atoms with Crippen LogP contribution in [0.5, 0.6) is 0 Å². The molecule has 1 amide bonds. The Bertz CT molecular complexity index is 1080. The van der Waals surface area contributed by atoms with Crippen LogP contribution in [0, 0.1) is 5.92 Å². The lowest BCUT2D eigenvalue weighted by Crippen LogP contribution is -2.16. The number of benzene rings is 2. The maximum absolute atomic E-state index is 12.9. The van der Waals surface area contributed by atoms with E-state index in [1.165, 1.54) is 5.56 Å². The molecule has 0 spiro atoms. The molecule has 1 atom stereocenters. The summed E-state index contributed by atoms with van der Waals surface area (Å²) in [5.74, 6) is 0.435. The van der Waals surface area contributed by atoms with Crippen molar-refractivity contribution in [1.82, 2.24) is 0 Å². The van der Waals surface area contributed by atoms with Gasteiger partial charge < -0.3 is 9.73 Å². The number of allylic oxidation sites excluding steroid dienone is 2. The molecule has 1 aromatic heterocycles. The summed E-state index contributed by atoms with van der Waals surface area (Å²) < 4.78 is 6.18. The van der Waals surface area contributed by atoms with Crippen molar-refractivity contribution < 1.29 is 9.21 Å². The second-order valence-electron chi connectivity index (χ2n) is 7.26. The zero-order chi connectivity index (χ0) is 19.0.